The molecule has 0 bridgehead atoms. The van der Waals surface area contributed by atoms with Crippen molar-refractivity contribution in [1.29, 1.82) is 5.26 Å². The third kappa shape index (κ3) is 3.02. The first-order valence-corrected chi connectivity index (χ1v) is 10.1. The molecule has 0 spiro atoms. The highest BCUT2D eigenvalue weighted by molar-refractivity contribution is 7.21. The minimum Gasteiger partial charge on any atom is -0.454 e. The van der Waals surface area contributed by atoms with Crippen molar-refractivity contribution in [3.8, 4) is 16.8 Å². The number of allylic oxidation sites excluding steroid dienone is 1. The fraction of sp³-hybridized carbons (Fsp3) is 0.238. The van der Waals surface area contributed by atoms with Gasteiger partial charge in [-0.15, -0.1) is 21.5 Å². The van der Waals surface area contributed by atoms with Crippen LogP contribution in [0.25, 0.3) is 32.6 Å². The average molecular weight is 387 g/mol. The van der Waals surface area contributed by atoms with Crippen molar-refractivity contribution in [2.45, 2.75) is 32.2 Å². The van der Waals surface area contributed by atoms with Gasteiger partial charge in [0, 0.05) is 19.0 Å². The molecule has 0 amide bonds. The second kappa shape index (κ2) is 7.06. The largest absolute Gasteiger partial charge is 0.454 e. The lowest BCUT2D eigenvalue weighted by atomic mass is 10.2. The third-order valence-corrected chi connectivity index (χ3v) is 5.94. The van der Waals surface area contributed by atoms with Crippen molar-refractivity contribution in [3.05, 3.63) is 53.8 Å². The van der Waals surface area contributed by atoms with Crippen molar-refractivity contribution in [1.82, 2.24) is 19.7 Å². The predicted octanol–water partition coefficient (Wildman–Crippen LogP) is 4.94. The molecule has 5 rings (SSSR count). The Morgan fingerprint density at radius 1 is 1.14 bits per heavy atom. The Bertz CT molecular complexity index is 1190. The first-order chi connectivity index (χ1) is 13.8. The molecule has 0 unspecified atom stereocenters. The summed E-state index contributed by atoms with van der Waals surface area (Å²) in [4.78, 5) is 4.63. The first kappa shape index (κ1) is 16.9. The van der Waals surface area contributed by atoms with Gasteiger partial charge in [-0.1, -0.05) is 18.6 Å². The number of thiazole rings is 1. The molecule has 0 saturated heterocycles. The molecule has 0 N–H and O–H groups in total. The number of aromatic nitrogens is 4. The van der Waals surface area contributed by atoms with Gasteiger partial charge >= 0.3 is 0 Å². The van der Waals surface area contributed by atoms with E-state index in [-0.39, 0.29) is 0 Å². The molecule has 28 heavy (non-hydrogen) atoms. The van der Waals surface area contributed by atoms with Crippen LogP contribution in [0.3, 0.4) is 0 Å². The molecule has 0 fully saturated rings. The highest BCUT2D eigenvalue weighted by atomic mass is 32.1. The van der Waals surface area contributed by atoms with Gasteiger partial charge in [-0.25, -0.2) is 4.98 Å². The Labute approximate surface area is 165 Å². The van der Waals surface area contributed by atoms with Gasteiger partial charge in [0.1, 0.15) is 23.2 Å². The molecular weight excluding hydrogens is 370 g/mol. The number of furan rings is 1. The lowest BCUT2D eigenvalue weighted by Crippen LogP contribution is -2.05. The smallest absolute Gasteiger partial charge is 0.174 e. The number of hydrogen-bond acceptors (Lipinski definition) is 6. The van der Waals surface area contributed by atoms with Crippen LogP contribution in [-0.4, -0.2) is 19.7 Å². The van der Waals surface area contributed by atoms with E-state index in [9.17, 15) is 5.26 Å². The van der Waals surface area contributed by atoms with Crippen molar-refractivity contribution >= 4 is 33.2 Å². The SMILES string of the molecule is N#C/C(=C\c1ccc(-c2nc3ccccc3s2)o1)c1nnc2n1CCCCC2. The minimum atomic E-state index is 0.464. The number of benzene rings is 1. The standard InChI is InChI=1S/C21H17N5OS/c22-13-14(20-25-24-19-8-2-1-5-11-26(19)20)12-15-9-10-17(27-15)21-23-16-6-3-4-7-18(16)28-21/h3-4,6-7,9-10,12H,1-2,5,8,11H2/b14-12+. The number of hydrogen-bond donors (Lipinski definition) is 0. The summed E-state index contributed by atoms with van der Waals surface area (Å²) in [6, 6.07) is 14.0. The summed E-state index contributed by atoms with van der Waals surface area (Å²) in [5.41, 5.74) is 1.42. The van der Waals surface area contributed by atoms with E-state index in [0.29, 0.717) is 22.9 Å². The Morgan fingerprint density at radius 3 is 2.96 bits per heavy atom. The lowest BCUT2D eigenvalue weighted by molar-refractivity contribution is 0.571. The Balaban J connectivity index is 1.49. The number of nitrogens with zero attached hydrogens (tertiary/aromatic N) is 5. The molecule has 1 aliphatic rings. The second-order valence-corrected chi connectivity index (χ2v) is 7.79. The van der Waals surface area contributed by atoms with E-state index in [4.69, 9.17) is 4.42 Å². The minimum absolute atomic E-state index is 0.464. The predicted molar refractivity (Wildman–Crippen MR) is 108 cm³/mol. The van der Waals surface area contributed by atoms with Gasteiger partial charge < -0.3 is 8.98 Å². The monoisotopic (exact) mass is 387 g/mol. The van der Waals surface area contributed by atoms with Gasteiger partial charge in [0.15, 0.2) is 16.6 Å². The normalized spacial score (nSPS) is 14.6. The summed E-state index contributed by atoms with van der Waals surface area (Å²) in [7, 11) is 0. The molecule has 0 aliphatic carbocycles. The van der Waals surface area contributed by atoms with Gasteiger partial charge in [-0.05, 0) is 37.1 Å². The Morgan fingerprint density at radius 2 is 2.07 bits per heavy atom. The van der Waals surface area contributed by atoms with Crippen LogP contribution in [0.1, 0.15) is 36.7 Å². The zero-order valence-corrected chi connectivity index (χ0v) is 15.9. The van der Waals surface area contributed by atoms with Crippen LogP contribution < -0.4 is 0 Å². The maximum absolute atomic E-state index is 9.70. The number of rotatable bonds is 3. The molecule has 0 atom stereocenters. The molecule has 138 valence electrons. The summed E-state index contributed by atoms with van der Waals surface area (Å²) in [6.45, 7) is 0.853. The maximum atomic E-state index is 9.70. The van der Waals surface area contributed by atoms with E-state index in [0.717, 1.165) is 46.9 Å². The van der Waals surface area contributed by atoms with E-state index in [2.05, 4.69) is 25.8 Å². The van der Waals surface area contributed by atoms with Crippen LogP contribution in [0, 0.1) is 11.3 Å². The van der Waals surface area contributed by atoms with Gasteiger partial charge in [-0.3, -0.25) is 0 Å². The lowest BCUT2D eigenvalue weighted by Gasteiger charge is -2.05. The van der Waals surface area contributed by atoms with Gasteiger partial charge in [0.25, 0.3) is 0 Å². The molecule has 4 heterocycles. The molecule has 7 heteroatoms. The Kier molecular flexibility index (Phi) is 4.26. The summed E-state index contributed by atoms with van der Waals surface area (Å²) < 4.78 is 9.15. The van der Waals surface area contributed by atoms with Crippen LogP contribution in [0.15, 0.2) is 40.8 Å². The molecular formula is C21H17N5OS. The van der Waals surface area contributed by atoms with Crippen LogP contribution in [0.4, 0.5) is 0 Å². The zero-order valence-electron chi connectivity index (χ0n) is 15.1. The summed E-state index contributed by atoms with van der Waals surface area (Å²) in [5.74, 6) is 2.89. The van der Waals surface area contributed by atoms with Gasteiger partial charge in [0.05, 0.1) is 10.2 Å². The molecule has 6 nitrogen and oxygen atoms in total. The molecule has 3 aromatic heterocycles. The van der Waals surface area contributed by atoms with Crippen LogP contribution in [0.2, 0.25) is 0 Å². The van der Waals surface area contributed by atoms with Gasteiger partial charge in [0.2, 0.25) is 0 Å². The summed E-state index contributed by atoms with van der Waals surface area (Å²) in [6.07, 6.45) is 6.03. The highest BCUT2D eigenvalue weighted by Crippen LogP contribution is 2.32. The topological polar surface area (TPSA) is 80.5 Å². The molecule has 1 aromatic carbocycles. The Hall–Kier alpha value is -3.24. The molecule has 1 aliphatic heterocycles. The van der Waals surface area contributed by atoms with E-state index in [1.807, 2.05) is 36.4 Å². The van der Waals surface area contributed by atoms with E-state index in [1.165, 1.54) is 6.42 Å². The number of aryl methyl sites for hydroxylation is 1. The number of nitriles is 1. The average Bonchev–Trinajstić information content (AvgIpc) is 3.41. The maximum Gasteiger partial charge on any atom is 0.174 e. The van der Waals surface area contributed by atoms with E-state index >= 15 is 0 Å². The summed E-state index contributed by atoms with van der Waals surface area (Å²) >= 11 is 1.59. The van der Waals surface area contributed by atoms with Crippen molar-refractivity contribution < 1.29 is 4.42 Å². The van der Waals surface area contributed by atoms with Crippen molar-refractivity contribution in [2.75, 3.05) is 0 Å². The van der Waals surface area contributed by atoms with Crippen LogP contribution in [-0.2, 0) is 13.0 Å². The van der Waals surface area contributed by atoms with Gasteiger partial charge in [-0.2, -0.15) is 5.26 Å². The number of para-hydroxylation sites is 1. The molecule has 4 aromatic rings. The highest BCUT2D eigenvalue weighted by Gasteiger charge is 2.18. The van der Waals surface area contributed by atoms with Crippen LogP contribution in [0.5, 0.6) is 0 Å². The zero-order chi connectivity index (χ0) is 18.9. The quantitative estimate of drug-likeness (QED) is 0.465. The third-order valence-electron chi connectivity index (χ3n) is 4.89. The van der Waals surface area contributed by atoms with Crippen molar-refractivity contribution in [2.24, 2.45) is 0 Å². The fourth-order valence-corrected chi connectivity index (χ4v) is 4.42. The first-order valence-electron chi connectivity index (χ1n) is 9.32. The summed E-state index contributed by atoms with van der Waals surface area (Å²) in [5, 5.41) is 19.1. The molecule has 0 radical (unpaired) electrons. The fourth-order valence-electron chi connectivity index (χ4n) is 3.50. The van der Waals surface area contributed by atoms with Crippen molar-refractivity contribution in [3.63, 3.8) is 0 Å². The molecule has 0 saturated carbocycles. The van der Waals surface area contributed by atoms with Crippen LogP contribution >= 0.6 is 11.3 Å². The van der Waals surface area contributed by atoms with E-state index < -0.39 is 0 Å². The second-order valence-electron chi connectivity index (χ2n) is 6.76. The van der Waals surface area contributed by atoms with E-state index in [1.54, 1.807) is 17.4 Å². The number of fused-ring (bicyclic) bond motifs is 2.